The van der Waals surface area contributed by atoms with E-state index in [1.165, 1.54) is 10.4 Å². The van der Waals surface area contributed by atoms with Crippen LogP contribution in [0.15, 0.2) is 41.8 Å². The maximum atomic E-state index is 12.4. The standard InChI is InChI=1S/C22H28N2O2S/c1-23(2)21(25)14-17-15-22(26-20-8-4-3-7-19(17)20)9-11-24(12-10-22)16-18-6-5-13-27-18/h3-8,13,17H,9-12,14-16H2,1-2H3/t17-/m0/s1. The Balaban J connectivity index is 1.48. The normalized spacial score (nSPS) is 21.5. The van der Waals surface area contributed by atoms with E-state index in [1.807, 2.05) is 31.5 Å². The maximum Gasteiger partial charge on any atom is 0.222 e. The van der Waals surface area contributed by atoms with Gasteiger partial charge in [-0.1, -0.05) is 24.3 Å². The van der Waals surface area contributed by atoms with Crippen LogP contribution >= 0.6 is 11.3 Å². The van der Waals surface area contributed by atoms with Gasteiger partial charge >= 0.3 is 0 Å². The van der Waals surface area contributed by atoms with Crippen molar-refractivity contribution in [3.05, 3.63) is 52.2 Å². The molecule has 1 amide bonds. The molecular weight excluding hydrogens is 356 g/mol. The van der Waals surface area contributed by atoms with Gasteiger partial charge in [0.15, 0.2) is 0 Å². The van der Waals surface area contributed by atoms with Crippen LogP contribution in [0.25, 0.3) is 0 Å². The van der Waals surface area contributed by atoms with Crippen LogP contribution in [-0.4, -0.2) is 48.5 Å². The summed E-state index contributed by atoms with van der Waals surface area (Å²) in [6.07, 6.45) is 3.56. The van der Waals surface area contributed by atoms with Crippen LogP contribution in [0.5, 0.6) is 5.75 Å². The summed E-state index contributed by atoms with van der Waals surface area (Å²) < 4.78 is 6.57. The number of benzene rings is 1. The molecule has 2 aromatic rings. The minimum atomic E-state index is -0.127. The third kappa shape index (κ3) is 4.04. The van der Waals surface area contributed by atoms with Crippen LogP contribution in [0.4, 0.5) is 0 Å². The summed E-state index contributed by atoms with van der Waals surface area (Å²) in [4.78, 5) is 18.1. The van der Waals surface area contributed by atoms with Crippen molar-refractivity contribution in [2.75, 3.05) is 27.2 Å². The quantitative estimate of drug-likeness (QED) is 0.795. The number of carbonyl (C=O) groups is 1. The summed E-state index contributed by atoms with van der Waals surface area (Å²) in [5, 5.41) is 2.15. The van der Waals surface area contributed by atoms with E-state index in [4.69, 9.17) is 4.74 Å². The van der Waals surface area contributed by atoms with Crippen LogP contribution in [-0.2, 0) is 11.3 Å². The molecule has 0 radical (unpaired) electrons. The summed E-state index contributed by atoms with van der Waals surface area (Å²) in [7, 11) is 3.68. The maximum absolute atomic E-state index is 12.4. The first kappa shape index (κ1) is 18.5. The molecular formula is C22H28N2O2S. The fraction of sp³-hybridized carbons (Fsp3) is 0.500. The lowest BCUT2D eigenvalue weighted by Gasteiger charge is -2.47. The van der Waals surface area contributed by atoms with Crippen molar-refractivity contribution in [3.63, 3.8) is 0 Å². The van der Waals surface area contributed by atoms with Gasteiger partial charge in [-0.05, 0) is 42.3 Å². The average Bonchev–Trinajstić information content (AvgIpc) is 3.17. The zero-order valence-corrected chi connectivity index (χ0v) is 17.0. The van der Waals surface area contributed by atoms with Gasteiger partial charge in [0.25, 0.3) is 0 Å². The van der Waals surface area contributed by atoms with Gasteiger partial charge in [0.2, 0.25) is 5.91 Å². The van der Waals surface area contributed by atoms with Crippen molar-refractivity contribution in [2.45, 2.75) is 43.7 Å². The Morgan fingerprint density at radius 2 is 2.00 bits per heavy atom. The summed E-state index contributed by atoms with van der Waals surface area (Å²) in [6, 6.07) is 12.6. The molecule has 1 spiro atoms. The number of rotatable bonds is 4. The number of likely N-dealkylation sites (tertiary alicyclic amines) is 1. The molecule has 0 aliphatic carbocycles. The van der Waals surface area contributed by atoms with Crippen molar-refractivity contribution < 1.29 is 9.53 Å². The molecule has 4 nitrogen and oxygen atoms in total. The Bertz CT molecular complexity index is 779. The van der Waals surface area contributed by atoms with Gasteiger partial charge in [-0.25, -0.2) is 0 Å². The molecule has 0 bridgehead atoms. The third-order valence-electron chi connectivity index (χ3n) is 5.95. The van der Waals surface area contributed by atoms with Crippen LogP contribution in [0, 0.1) is 0 Å². The summed E-state index contributed by atoms with van der Waals surface area (Å²) >= 11 is 1.83. The molecule has 5 heteroatoms. The molecule has 1 saturated heterocycles. The predicted octanol–water partition coefficient (Wildman–Crippen LogP) is 4.13. The van der Waals surface area contributed by atoms with Gasteiger partial charge in [-0.2, -0.15) is 0 Å². The Labute approximate surface area is 165 Å². The number of ether oxygens (including phenoxy) is 1. The lowest BCUT2D eigenvalue weighted by atomic mass is 9.76. The number of para-hydroxylation sites is 1. The zero-order valence-electron chi connectivity index (χ0n) is 16.2. The van der Waals surface area contributed by atoms with Crippen LogP contribution in [0.3, 0.4) is 0 Å². The molecule has 2 aliphatic heterocycles. The van der Waals surface area contributed by atoms with Gasteiger partial charge in [0.05, 0.1) is 0 Å². The predicted molar refractivity (Wildman–Crippen MR) is 109 cm³/mol. The first-order chi connectivity index (χ1) is 13.0. The average molecular weight is 385 g/mol. The molecule has 144 valence electrons. The van der Waals surface area contributed by atoms with E-state index in [2.05, 4.69) is 40.6 Å². The van der Waals surface area contributed by atoms with E-state index >= 15 is 0 Å². The number of thiophene rings is 1. The van der Waals surface area contributed by atoms with Crippen molar-refractivity contribution in [3.8, 4) is 5.75 Å². The van der Waals surface area contributed by atoms with Gasteiger partial charge in [0, 0.05) is 50.9 Å². The molecule has 3 heterocycles. The fourth-order valence-corrected chi connectivity index (χ4v) is 5.11. The van der Waals surface area contributed by atoms with E-state index in [1.54, 1.807) is 4.90 Å². The van der Waals surface area contributed by atoms with Crippen LogP contribution < -0.4 is 4.74 Å². The van der Waals surface area contributed by atoms with Crippen molar-refractivity contribution >= 4 is 17.2 Å². The topological polar surface area (TPSA) is 32.8 Å². The third-order valence-corrected chi connectivity index (χ3v) is 6.81. The molecule has 0 saturated carbocycles. The van der Waals surface area contributed by atoms with E-state index in [0.717, 1.165) is 44.6 Å². The Hall–Kier alpha value is -1.85. The smallest absolute Gasteiger partial charge is 0.222 e. The van der Waals surface area contributed by atoms with E-state index in [0.29, 0.717) is 6.42 Å². The van der Waals surface area contributed by atoms with E-state index < -0.39 is 0 Å². The second-order valence-corrected chi connectivity index (χ2v) is 9.10. The highest BCUT2D eigenvalue weighted by atomic mass is 32.1. The number of hydrogen-bond donors (Lipinski definition) is 0. The second-order valence-electron chi connectivity index (χ2n) is 8.07. The van der Waals surface area contributed by atoms with Crippen molar-refractivity contribution in [2.24, 2.45) is 0 Å². The molecule has 1 atom stereocenters. The molecule has 1 fully saturated rings. The van der Waals surface area contributed by atoms with E-state index in [-0.39, 0.29) is 17.4 Å². The highest BCUT2D eigenvalue weighted by molar-refractivity contribution is 7.09. The van der Waals surface area contributed by atoms with Crippen LogP contribution in [0.1, 0.15) is 42.0 Å². The first-order valence-corrected chi connectivity index (χ1v) is 10.7. The number of amides is 1. The zero-order chi connectivity index (χ0) is 18.9. The largest absolute Gasteiger partial charge is 0.487 e. The Morgan fingerprint density at radius 3 is 2.70 bits per heavy atom. The highest BCUT2D eigenvalue weighted by Gasteiger charge is 2.43. The molecule has 2 aliphatic rings. The lowest BCUT2D eigenvalue weighted by molar-refractivity contribution is -0.129. The summed E-state index contributed by atoms with van der Waals surface area (Å²) in [5.74, 6) is 1.42. The minimum absolute atomic E-state index is 0.127. The molecule has 0 N–H and O–H groups in total. The van der Waals surface area contributed by atoms with Crippen molar-refractivity contribution in [1.29, 1.82) is 0 Å². The first-order valence-electron chi connectivity index (χ1n) is 9.77. The molecule has 4 rings (SSSR count). The van der Waals surface area contributed by atoms with Gasteiger partial charge in [-0.3, -0.25) is 9.69 Å². The molecule has 27 heavy (non-hydrogen) atoms. The SMILES string of the molecule is CN(C)C(=O)C[C@H]1CC2(CCN(Cc3cccs3)CC2)Oc2ccccc21. The number of piperidine rings is 1. The second kappa shape index (κ2) is 7.64. The minimum Gasteiger partial charge on any atom is -0.487 e. The highest BCUT2D eigenvalue weighted by Crippen LogP contribution is 2.46. The summed E-state index contributed by atoms with van der Waals surface area (Å²) in [6.45, 7) is 3.13. The Morgan fingerprint density at radius 1 is 1.22 bits per heavy atom. The summed E-state index contributed by atoms with van der Waals surface area (Å²) in [5.41, 5.74) is 1.07. The van der Waals surface area contributed by atoms with Crippen molar-refractivity contribution in [1.82, 2.24) is 9.80 Å². The van der Waals surface area contributed by atoms with Crippen LogP contribution in [0.2, 0.25) is 0 Å². The van der Waals surface area contributed by atoms with Gasteiger partial charge < -0.3 is 9.64 Å². The monoisotopic (exact) mass is 384 g/mol. The Kier molecular flexibility index (Phi) is 5.24. The molecule has 0 unspecified atom stereocenters. The number of fused-ring (bicyclic) bond motifs is 1. The molecule has 1 aromatic carbocycles. The number of nitrogens with zero attached hydrogens (tertiary/aromatic N) is 2. The molecule has 1 aromatic heterocycles. The van der Waals surface area contributed by atoms with E-state index in [9.17, 15) is 4.79 Å². The number of hydrogen-bond acceptors (Lipinski definition) is 4. The van der Waals surface area contributed by atoms with Gasteiger partial charge in [0.1, 0.15) is 11.4 Å². The van der Waals surface area contributed by atoms with Gasteiger partial charge in [-0.15, -0.1) is 11.3 Å². The lowest BCUT2D eigenvalue weighted by Crippen LogP contribution is -2.50. The number of carbonyl (C=O) groups excluding carboxylic acids is 1. The fourth-order valence-electron chi connectivity index (χ4n) is 4.37.